The van der Waals surface area contributed by atoms with Gasteiger partial charge in [0.25, 0.3) is 5.91 Å². The van der Waals surface area contributed by atoms with E-state index in [1.54, 1.807) is 13.2 Å². The predicted octanol–water partition coefficient (Wildman–Crippen LogP) is 4.14. The highest BCUT2D eigenvalue weighted by Gasteiger charge is 2.28. The molecule has 0 saturated carbocycles. The molecule has 1 N–H and O–H groups in total. The number of nitrogens with zero attached hydrogens (tertiary/aromatic N) is 3. The third-order valence-corrected chi connectivity index (χ3v) is 5.62. The SMILES string of the molecule is COc1ccc2nc(C(=O)N3CCCC(c4nc5ccccc5[nH]4)C3)ccc2c1. The number of pyridine rings is 1. The predicted molar refractivity (Wildman–Crippen MR) is 112 cm³/mol. The van der Waals surface area contributed by atoms with E-state index in [1.165, 1.54) is 0 Å². The number of H-pyrrole nitrogens is 1. The molecule has 1 atom stereocenters. The van der Waals surface area contributed by atoms with Crippen LogP contribution in [0.3, 0.4) is 0 Å². The lowest BCUT2D eigenvalue weighted by Crippen LogP contribution is -2.39. The summed E-state index contributed by atoms with van der Waals surface area (Å²) in [5, 5.41) is 0.958. The van der Waals surface area contributed by atoms with E-state index in [1.807, 2.05) is 53.4 Å². The van der Waals surface area contributed by atoms with Gasteiger partial charge < -0.3 is 14.6 Å². The molecule has 1 amide bonds. The Kier molecular flexibility index (Phi) is 4.39. The zero-order valence-electron chi connectivity index (χ0n) is 16.3. The van der Waals surface area contributed by atoms with Crippen LogP contribution in [0.15, 0.2) is 54.6 Å². The van der Waals surface area contributed by atoms with Crippen molar-refractivity contribution in [2.24, 2.45) is 0 Å². The zero-order valence-corrected chi connectivity index (χ0v) is 16.3. The lowest BCUT2D eigenvalue weighted by molar-refractivity contribution is 0.0699. The number of aromatic nitrogens is 3. The summed E-state index contributed by atoms with van der Waals surface area (Å²) < 4.78 is 5.26. The van der Waals surface area contributed by atoms with Crippen molar-refractivity contribution in [2.45, 2.75) is 18.8 Å². The van der Waals surface area contributed by atoms with Gasteiger partial charge in [-0.1, -0.05) is 18.2 Å². The van der Waals surface area contributed by atoms with Crippen molar-refractivity contribution in [1.82, 2.24) is 19.9 Å². The molecular weight excluding hydrogens is 364 g/mol. The normalized spacial score (nSPS) is 17.0. The highest BCUT2D eigenvalue weighted by atomic mass is 16.5. The number of fused-ring (bicyclic) bond motifs is 2. The third-order valence-electron chi connectivity index (χ3n) is 5.62. The number of ether oxygens (including phenoxy) is 1. The molecule has 0 aliphatic carbocycles. The summed E-state index contributed by atoms with van der Waals surface area (Å²) in [6.45, 7) is 1.40. The second-order valence-corrected chi connectivity index (χ2v) is 7.48. The van der Waals surface area contributed by atoms with Gasteiger partial charge in [0.1, 0.15) is 17.3 Å². The number of aromatic amines is 1. The molecule has 0 radical (unpaired) electrons. The number of rotatable bonds is 3. The monoisotopic (exact) mass is 386 g/mol. The fourth-order valence-electron chi connectivity index (χ4n) is 4.06. The lowest BCUT2D eigenvalue weighted by atomic mass is 9.97. The van der Waals surface area contributed by atoms with E-state index in [0.717, 1.165) is 52.9 Å². The van der Waals surface area contributed by atoms with Crippen molar-refractivity contribution in [3.05, 3.63) is 66.1 Å². The molecule has 0 bridgehead atoms. The Morgan fingerprint density at radius 2 is 2.00 bits per heavy atom. The third kappa shape index (κ3) is 3.31. The van der Waals surface area contributed by atoms with Crippen LogP contribution in [0, 0.1) is 0 Å². The van der Waals surface area contributed by atoms with E-state index in [4.69, 9.17) is 9.72 Å². The molecular formula is C23H22N4O2. The first-order valence-electron chi connectivity index (χ1n) is 9.90. The number of likely N-dealkylation sites (tertiary alicyclic amines) is 1. The van der Waals surface area contributed by atoms with Crippen LogP contribution in [0.25, 0.3) is 21.9 Å². The molecule has 1 fully saturated rings. The topological polar surface area (TPSA) is 71.1 Å². The summed E-state index contributed by atoms with van der Waals surface area (Å²) in [6, 6.07) is 17.4. The number of carbonyl (C=O) groups excluding carboxylic acids is 1. The summed E-state index contributed by atoms with van der Waals surface area (Å²) in [7, 11) is 1.64. The molecule has 2 aromatic carbocycles. The summed E-state index contributed by atoms with van der Waals surface area (Å²) in [5.74, 6) is 1.93. The number of nitrogens with one attached hydrogen (secondary N) is 1. The van der Waals surface area contributed by atoms with E-state index in [9.17, 15) is 4.79 Å². The Morgan fingerprint density at radius 1 is 1.10 bits per heavy atom. The number of imidazole rings is 1. The molecule has 2 aromatic heterocycles. The number of amides is 1. The second-order valence-electron chi connectivity index (χ2n) is 7.48. The largest absolute Gasteiger partial charge is 0.497 e. The fraction of sp³-hybridized carbons (Fsp3) is 0.261. The molecule has 1 saturated heterocycles. The Bertz CT molecular complexity index is 1170. The Morgan fingerprint density at radius 3 is 2.86 bits per heavy atom. The van der Waals surface area contributed by atoms with E-state index >= 15 is 0 Å². The number of piperidine rings is 1. The van der Waals surface area contributed by atoms with Crippen LogP contribution in [0.2, 0.25) is 0 Å². The minimum Gasteiger partial charge on any atom is -0.497 e. The number of para-hydroxylation sites is 2. The van der Waals surface area contributed by atoms with Crippen molar-refractivity contribution in [3.63, 3.8) is 0 Å². The Labute approximate surface area is 168 Å². The molecule has 146 valence electrons. The van der Waals surface area contributed by atoms with Crippen LogP contribution in [0.4, 0.5) is 0 Å². The number of hydrogen-bond acceptors (Lipinski definition) is 4. The number of methoxy groups -OCH3 is 1. The van der Waals surface area contributed by atoms with Crippen LogP contribution in [0.5, 0.6) is 5.75 Å². The van der Waals surface area contributed by atoms with Gasteiger partial charge in [0.15, 0.2) is 0 Å². The first kappa shape index (κ1) is 17.7. The highest BCUT2D eigenvalue weighted by molar-refractivity contribution is 5.95. The number of hydrogen-bond donors (Lipinski definition) is 1. The fourth-order valence-corrected chi connectivity index (χ4v) is 4.06. The average molecular weight is 386 g/mol. The second kappa shape index (κ2) is 7.20. The van der Waals surface area contributed by atoms with Crippen LogP contribution < -0.4 is 4.74 Å². The van der Waals surface area contributed by atoms with E-state index in [0.29, 0.717) is 12.2 Å². The van der Waals surface area contributed by atoms with Gasteiger partial charge in [0, 0.05) is 24.4 Å². The summed E-state index contributed by atoms with van der Waals surface area (Å²) in [4.78, 5) is 27.8. The molecule has 6 nitrogen and oxygen atoms in total. The van der Waals surface area contributed by atoms with E-state index in [2.05, 4.69) is 9.97 Å². The van der Waals surface area contributed by atoms with E-state index in [-0.39, 0.29) is 11.8 Å². The maximum Gasteiger partial charge on any atom is 0.272 e. The van der Waals surface area contributed by atoms with Gasteiger partial charge in [-0.05, 0) is 49.2 Å². The van der Waals surface area contributed by atoms with Gasteiger partial charge in [-0.3, -0.25) is 4.79 Å². The van der Waals surface area contributed by atoms with Crippen molar-refractivity contribution >= 4 is 27.8 Å². The van der Waals surface area contributed by atoms with Gasteiger partial charge in [0.2, 0.25) is 0 Å². The quantitative estimate of drug-likeness (QED) is 0.574. The molecule has 29 heavy (non-hydrogen) atoms. The molecule has 1 unspecified atom stereocenters. The van der Waals surface area contributed by atoms with Gasteiger partial charge in [-0.15, -0.1) is 0 Å². The van der Waals surface area contributed by atoms with Gasteiger partial charge in [-0.25, -0.2) is 9.97 Å². The zero-order chi connectivity index (χ0) is 19.8. The van der Waals surface area contributed by atoms with Crippen LogP contribution in [-0.4, -0.2) is 46.0 Å². The van der Waals surface area contributed by atoms with Gasteiger partial charge in [-0.2, -0.15) is 0 Å². The minimum absolute atomic E-state index is 0.0245. The van der Waals surface area contributed by atoms with Crippen LogP contribution >= 0.6 is 0 Å². The maximum absolute atomic E-state index is 13.1. The lowest BCUT2D eigenvalue weighted by Gasteiger charge is -2.31. The molecule has 1 aliphatic heterocycles. The first-order chi connectivity index (χ1) is 14.2. The standard InChI is InChI=1S/C23H22N4O2/c1-29-17-9-11-18-15(13-17)8-10-21(24-18)23(28)27-12-4-5-16(14-27)22-25-19-6-2-3-7-20(19)26-22/h2-3,6-11,13,16H,4-5,12,14H2,1H3,(H,25,26). The smallest absolute Gasteiger partial charge is 0.272 e. The van der Waals surface area contributed by atoms with Crippen molar-refractivity contribution in [3.8, 4) is 5.75 Å². The minimum atomic E-state index is -0.0245. The molecule has 3 heterocycles. The van der Waals surface area contributed by atoms with Gasteiger partial charge >= 0.3 is 0 Å². The molecule has 0 spiro atoms. The van der Waals surface area contributed by atoms with Gasteiger partial charge in [0.05, 0.1) is 23.7 Å². The summed E-state index contributed by atoms with van der Waals surface area (Å²) >= 11 is 0. The number of carbonyl (C=O) groups is 1. The molecule has 6 heteroatoms. The van der Waals surface area contributed by atoms with Crippen LogP contribution in [-0.2, 0) is 0 Å². The Hall–Kier alpha value is -3.41. The molecule has 1 aliphatic rings. The number of benzene rings is 2. The molecule has 5 rings (SSSR count). The Balaban J connectivity index is 1.38. The summed E-state index contributed by atoms with van der Waals surface area (Å²) in [6.07, 6.45) is 1.98. The van der Waals surface area contributed by atoms with Crippen molar-refractivity contribution < 1.29 is 9.53 Å². The first-order valence-corrected chi connectivity index (χ1v) is 9.90. The molecule has 4 aromatic rings. The highest BCUT2D eigenvalue weighted by Crippen LogP contribution is 2.28. The average Bonchev–Trinajstić information content (AvgIpc) is 3.22. The van der Waals surface area contributed by atoms with Crippen molar-refractivity contribution in [1.29, 1.82) is 0 Å². The van der Waals surface area contributed by atoms with E-state index < -0.39 is 0 Å². The summed E-state index contributed by atoms with van der Waals surface area (Å²) in [5.41, 5.74) is 3.28. The van der Waals surface area contributed by atoms with Crippen LogP contribution in [0.1, 0.15) is 35.1 Å². The maximum atomic E-state index is 13.1. The van der Waals surface area contributed by atoms with Crippen molar-refractivity contribution in [2.75, 3.05) is 20.2 Å².